The van der Waals surface area contributed by atoms with Crippen molar-refractivity contribution in [1.82, 2.24) is 10.6 Å². The number of allylic oxidation sites excluding steroid dienone is 2. The molecule has 92 valence electrons. The van der Waals surface area contributed by atoms with E-state index in [2.05, 4.69) is 10.6 Å². The molecule has 1 aromatic carbocycles. The molecule has 18 heavy (non-hydrogen) atoms. The molecule has 1 fully saturated rings. The molecule has 1 amide bonds. The monoisotopic (exact) mass is 260 g/mol. The molecule has 0 aromatic heterocycles. The van der Waals surface area contributed by atoms with Crippen molar-refractivity contribution in [2.45, 2.75) is 6.23 Å². The Morgan fingerprint density at radius 1 is 1.28 bits per heavy atom. The van der Waals surface area contributed by atoms with Crippen molar-refractivity contribution in [3.63, 3.8) is 0 Å². The van der Waals surface area contributed by atoms with Crippen LogP contribution in [-0.4, -0.2) is 22.4 Å². The first-order valence-electron chi connectivity index (χ1n) is 5.40. The molecule has 1 unspecified atom stereocenters. The second-order valence-corrected chi connectivity index (χ2v) is 4.13. The molecular formula is C13H12N2O2S. The highest BCUT2D eigenvalue weighted by Gasteiger charge is 2.24. The maximum Gasteiger partial charge on any atom is 0.257 e. The minimum Gasteiger partial charge on any atom is -0.369 e. The van der Waals surface area contributed by atoms with Gasteiger partial charge in [-0.25, -0.2) is 0 Å². The number of nitrogens with one attached hydrogen (secondary N) is 2. The number of aliphatic hydroxyl groups is 1. The van der Waals surface area contributed by atoms with E-state index in [4.69, 9.17) is 12.2 Å². The first-order chi connectivity index (χ1) is 8.66. The third-order valence-corrected chi connectivity index (χ3v) is 2.64. The molecule has 5 heteroatoms. The number of rotatable bonds is 2. The zero-order valence-corrected chi connectivity index (χ0v) is 10.3. The molecule has 0 spiro atoms. The Labute approximate surface area is 110 Å². The Bertz CT molecular complexity index is 523. The van der Waals surface area contributed by atoms with Gasteiger partial charge in [0, 0.05) is 0 Å². The Morgan fingerprint density at radius 2 is 2.00 bits per heavy atom. The van der Waals surface area contributed by atoms with Crippen LogP contribution >= 0.6 is 12.2 Å². The number of carbonyl (C=O) groups excluding carboxylic acids is 1. The van der Waals surface area contributed by atoms with Crippen LogP contribution in [0.1, 0.15) is 5.56 Å². The Morgan fingerprint density at radius 3 is 2.67 bits per heavy atom. The molecule has 2 rings (SSSR count). The van der Waals surface area contributed by atoms with E-state index >= 15 is 0 Å². The van der Waals surface area contributed by atoms with Crippen molar-refractivity contribution in [2.24, 2.45) is 0 Å². The van der Waals surface area contributed by atoms with E-state index in [1.807, 2.05) is 36.4 Å². The molecule has 1 heterocycles. The lowest BCUT2D eigenvalue weighted by Crippen LogP contribution is -2.53. The number of thiocarbonyl (C=S) groups is 1. The van der Waals surface area contributed by atoms with Gasteiger partial charge in [-0.3, -0.25) is 10.1 Å². The fourth-order valence-electron chi connectivity index (χ4n) is 1.53. The summed E-state index contributed by atoms with van der Waals surface area (Å²) in [7, 11) is 0. The summed E-state index contributed by atoms with van der Waals surface area (Å²) in [5.74, 6) is -0.385. The van der Waals surface area contributed by atoms with E-state index in [1.54, 1.807) is 12.2 Å². The van der Waals surface area contributed by atoms with Crippen molar-refractivity contribution in [3.05, 3.63) is 53.6 Å². The van der Waals surface area contributed by atoms with E-state index in [9.17, 15) is 9.90 Å². The highest BCUT2D eigenvalue weighted by atomic mass is 32.1. The van der Waals surface area contributed by atoms with Crippen molar-refractivity contribution in [3.8, 4) is 0 Å². The maximum atomic E-state index is 11.6. The Hall–Kier alpha value is -1.98. The van der Waals surface area contributed by atoms with Crippen molar-refractivity contribution < 1.29 is 9.90 Å². The summed E-state index contributed by atoms with van der Waals surface area (Å²) in [5, 5.41) is 14.8. The molecule has 1 aliphatic rings. The van der Waals surface area contributed by atoms with Gasteiger partial charge in [0.05, 0.1) is 5.57 Å². The highest BCUT2D eigenvalue weighted by Crippen LogP contribution is 2.07. The summed E-state index contributed by atoms with van der Waals surface area (Å²) in [4.78, 5) is 11.6. The second-order valence-electron chi connectivity index (χ2n) is 3.72. The van der Waals surface area contributed by atoms with Gasteiger partial charge in [-0.2, -0.15) is 0 Å². The molecule has 1 aliphatic heterocycles. The number of hydrogen-bond acceptors (Lipinski definition) is 3. The standard InChI is InChI=1S/C13H12N2O2S/c16-11-10(12(17)15-13(18)14-11)8-4-7-9-5-2-1-3-6-9/h1-8,11,16H,(H2,14,15,17,18)/b7-4+,10-8+. The van der Waals surface area contributed by atoms with Crippen LogP contribution in [0.5, 0.6) is 0 Å². The number of amides is 1. The van der Waals surface area contributed by atoms with Crippen molar-refractivity contribution >= 4 is 29.3 Å². The predicted octanol–water partition coefficient (Wildman–Crippen LogP) is 0.949. The van der Waals surface area contributed by atoms with Crippen molar-refractivity contribution in [2.75, 3.05) is 0 Å². The molecule has 0 aliphatic carbocycles. The molecule has 3 N–H and O–H groups in total. The largest absolute Gasteiger partial charge is 0.369 e. The zero-order valence-electron chi connectivity index (χ0n) is 9.46. The minimum atomic E-state index is -1.06. The fraction of sp³-hybridized carbons (Fsp3) is 0.0769. The highest BCUT2D eigenvalue weighted by molar-refractivity contribution is 7.80. The molecule has 0 bridgehead atoms. The van der Waals surface area contributed by atoms with Crippen LogP contribution in [0, 0.1) is 0 Å². The van der Waals surface area contributed by atoms with Gasteiger partial charge < -0.3 is 10.4 Å². The van der Waals surface area contributed by atoms with Crippen LogP contribution in [-0.2, 0) is 4.79 Å². The van der Waals surface area contributed by atoms with Gasteiger partial charge in [0.25, 0.3) is 5.91 Å². The zero-order chi connectivity index (χ0) is 13.0. The third kappa shape index (κ3) is 3.03. The summed E-state index contributed by atoms with van der Waals surface area (Å²) in [6.07, 6.45) is 4.05. The quantitative estimate of drug-likeness (QED) is 0.547. The van der Waals surface area contributed by atoms with E-state index in [0.717, 1.165) is 5.56 Å². The summed E-state index contributed by atoms with van der Waals surface area (Å²) < 4.78 is 0. The molecule has 0 radical (unpaired) electrons. The minimum absolute atomic E-state index is 0.136. The fourth-order valence-corrected chi connectivity index (χ4v) is 1.74. The topological polar surface area (TPSA) is 61.4 Å². The first-order valence-corrected chi connectivity index (χ1v) is 5.81. The van der Waals surface area contributed by atoms with Gasteiger partial charge in [0.15, 0.2) is 11.3 Å². The summed E-state index contributed by atoms with van der Waals surface area (Å²) in [6, 6.07) is 9.67. The predicted molar refractivity (Wildman–Crippen MR) is 73.4 cm³/mol. The average molecular weight is 260 g/mol. The van der Waals surface area contributed by atoms with Crippen LogP contribution in [0.2, 0.25) is 0 Å². The van der Waals surface area contributed by atoms with Crippen LogP contribution in [0.4, 0.5) is 0 Å². The van der Waals surface area contributed by atoms with E-state index in [1.165, 1.54) is 0 Å². The lowest BCUT2D eigenvalue weighted by atomic mass is 10.1. The molecular weight excluding hydrogens is 248 g/mol. The van der Waals surface area contributed by atoms with Crippen molar-refractivity contribution in [1.29, 1.82) is 0 Å². The Kier molecular flexibility index (Phi) is 3.86. The summed E-state index contributed by atoms with van der Waals surface area (Å²) in [5.41, 5.74) is 1.25. The van der Waals surface area contributed by atoms with Crippen LogP contribution < -0.4 is 10.6 Å². The van der Waals surface area contributed by atoms with E-state index in [0.29, 0.717) is 0 Å². The lowest BCUT2D eigenvalue weighted by Gasteiger charge is -2.23. The van der Waals surface area contributed by atoms with Crippen LogP contribution in [0.15, 0.2) is 48.1 Å². The SMILES string of the molecule is O=C1NC(=S)NC(O)/C1=C\C=C\c1ccccc1. The summed E-state index contributed by atoms with van der Waals surface area (Å²) in [6.45, 7) is 0. The number of benzene rings is 1. The van der Waals surface area contributed by atoms with Gasteiger partial charge >= 0.3 is 0 Å². The van der Waals surface area contributed by atoms with Gasteiger partial charge in [-0.1, -0.05) is 42.5 Å². The first kappa shape index (κ1) is 12.5. The van der Waals surface area contributed by atoms with Gasteiger partial charge in [0.2, 0.25) is 0 Å². The normalized spacial score (nSPS) is 22.1. The van der Waals surface area contributed by atoms with E-state index in [-0.39, 0.29) is 16.6 Å². The molecule has 0 saturated carbocycles. The van der Waals surface area contributed by atoms with Gasteiger partial charge in [-0.15, -0.1) is 0 Å². The number of aliphatic hydroxyl groups excluding tert-OH is 1. The maximum absolute atomic E-state index is 11.6. The third-order valence-electron chi connectivity index (χ3n) is 2.42. The van der Waals surface area contributed by atoms with Gasteiger partial charge in [-0.05, 0) is 23.9 Å². The second kappa shape index (κ2) is 5.57. The van der Waals surface area contributed by atoms with Crippen LogP contribution in [0.3, 0.4) is 0 Å². The average Bonchev–Trinajstić information content (AvgIpc) is 2.34. The summed E-state index contributed by atoms with van der Waals surface area (Å²) >= 11 is 4.75. The Balaban J connectivity index is 2.11. The molecule has 1 aromatic rings. The smallest absolute Gasteiger partial charge is 0.257 e. The number of hydrogen-bond donors (Lipinski definition) is 3. The molecule has 1 saturated heterocycles. The van der Waals surface area contributed by atoms with Crippen LogP contribution in [0.25, 0.3) is 6.08 Å². The molecule has 4 nitrogen and oxygen atoms in total. The van der Waals surface area contributed by atoms with E-state index < -0.39 is 6.23 Å². The molecule has 1 atom stereocenters. The lowest BCUT2D eigenvalue weighted by molar-refractivity contribution is -0.117. The van der Waals surface area contributed by atoms with Gasteiger partial charge in [0.1, 0.15) is 0 Å². The number of carbonyl (C=O) groups is 1.